The molecule has 9 heteroatoms. The van der Waals surface area contributed by atoms with Gasteiger partial charge in [-0.25, -0.2) is 4.79 Å². The van der Waals surface area contributed by atoms with Crippen molar-refractivity contribution in [1.29, 1.82) is 0 Å². The Kier molecular flexibility index (Phi) is 6.89. The van der Waals surface area contributed by atoms with Gasteiger partial charge in [-0.05, 0) is 72.9 Å². The van der Waals surface area contributed by atoms with Gasteiger partial charge in [0.1, 0.15) is 11.5 Å². The monoisotopic (exact) mass is 460 g/mol. The van der Waals surface area contributed by atoms with E-state index >= 15 is 0 Å². The molecule has 0 spiro atoms. The van der Waals surface area contributed by atoms with Crippen molar-refractivity contribution in [2.75, 3.05) is 5.32 Å². The molecule has 3 N–H and O–H groups in total. The number of hydrogen-bond donors (Lipinski definition) is 3. The van der Waals surface area contributed by atoms with E-state index in [1.807, 2.05) is 0 Å². The summed E-state index contributed by atoms with van der Waals surface area (Å²) in [7, 11) is 0. The van der Waals surface area contributed by atoms with Gasteiger partial charge in [0.05, 0.1) is 5.56 Å². The molecule has 30 heavy (non-hydrogen) atoms. The third-order valence-corrected chi connectivity index (χ3v) is 4.44. The first-order valence-corrected chi connectivity index (χ1v) is 9.66. The fraction of sp³-hybridized carbons (Fsp3) is 0. The van der Waals surface area contributed by atoms with Crippen molar-refractivity contribution in [3.05, 3.63) is 82.0 Å². The second-order valence-corrected chi connectivity index (χ2v) is 7.30. The Morgan fingerprint density at radius 3 is 2.30 bits per heavy atom. The third-order valence-electron chi connectivity index (χ3n) is 3.80. The topological polar surface area (TPSA) is 91.6 Å². The van der Waals surface area contributed by atoms with E-state index < -0.39 is 11.9 Å². The van der Waals surface area contributed by atoms with E-state index in [1.54, 1.807) is 42.5 Å². The van der Waals surface area contributed by atoms with Crippen LogP contribution in [0.3, 0.4) is 0 Å². The van der Waals surface area contributed by atoms with Gasteiger partial charge in [0.2, 0.25) is 5.91 Å². The summed E-state index contributed by atoms with van der Waals surface area (Å²) in [6, 6.07) is 14.5. The first kappa shape index (κ1) is 21.6. The Labute approximate surface area is 187 Å². The number of nitrogens with one attached hydrogen (secondary N) is 2. The van der Waals surface area contributed by atoms with Gasteiger partial charge < -0.3 is 14.8 Å². The molecule has 0 bridgehead atoms. The van der Waals surface area contributed by atoms with E-state index in [9.17, 15) is 9.59 Å². The van der Waals surface area contributed by atoms with Gasteiger partial charge in [-0.3, -0.25) is 10.1 Å². The van der Waals surface area contributed by atoms with Crippen molar-refractivity contribution < 1.29 is 19.1 Å². The summed E-state index contributed by atoms with van der Waals surface area (Å²) in [5.74, 6) is -0.471. The number of carboxylic acids is 1. The molecule has 3 rings (SSSR count). The average molecular weight is 461 g/mol. The highest BCUT2D eigenvalue weighted by molar-refractivity contribution is 7.80. The average Bonchev–Trinajstić information content (AvgIpc) is 3.15. The number of halogens is 2. The maximum atomic E-state index is 12.0. The van der Waals surface area contributed by atoms with Gasteiger partial charge in [-0.2, -0.15) is 0 Å². The van der Waals surface area contributed by atoms with Crippen molar-refractivity contribution in [2.24, 2.45) is 0 Å². The number of amides is 1. The predicted molar refractivity (Wildman–Crippen MR) is 121 cm³/mol. The first-order chi connectivity index (χ1) is 14.3. The highest BCUT2D eigenvalue weighted by atomic mass is 35.5. The summed E-state index contributed by atoms with van der Waals surface area (Å²) >= 11 is 17.1. The van der Waals surface area contributed by atoms with Crippen LogP contribution in [0.1, 0.15) is 16.1 Å². The summed E-state index contributed by atoms with van der Waals surface area (Å²) in [5.41, 5.74) is 1.41. The number of rotatable bonds is 5. The lowest BCUT2D eigenvalue weighted by Gasteiger charge is -2.08. The minimum absolute atomic E-state index is 0.0708. The number of benzene rings is 2. The van der Waals surface area contributed by atoms with Crippen LogP contribution in [0.4, 0.5) is 5.69 Å². The van der Waals surface area contributed by atoms with E-state index in [-0.39, 0.29) is 10.7 Å². The van der Waals surface area contributed by atoms with Crippen molar-refractivity contribution in [2.45, 2.75) is 0 Å². The van der Waals surface area contributed by atoms with Gasteiger partial charge in [-0.1, -0.05) is 23.2 Å². The molecular formula is C21H14Cl2N2O4S. The SMILES string of the molecule is O=C(/C=C/c1ccc(-c2cc(Cl)cc(Cl)c2)o1)NC(=S)Nc1ccc(C(=O)O)cc1. The molecule has 0 unspecified atom stereocenters. The molecule has 0 atom stereocenters. The Bertz CT molecular complexity index is 1120. The zero-order chi connectivity index (χ0) is 21.7. The van der Waals surface area contributed by atoms with Crippen molar-refractivity contribution in [1.82, 2.24) is 5.32 Å². The van der Waals surface area contributed by atoms with Crippen molar-refractivity contribution in [3.63, 3.8) is 0 Å². The molecule has 0 aliphatic rings. The number of furan rings is 1. The maximum absolute atomic E-state index is 12.0. The number of anilines is 1. The molecule has 0 aliphatic carbocycles. The van der Waals surface area contributed by atoms with Gasteiger partial charge in [0, 0.05) is 27.4 Å². The van der Waals surface area contributed by atoms with Crippen LogP contribution in [0.5, 0.6) is 0 Å². The van der Waals surface area contributed by atoms with Crippen LogP contribution in [0.2, 0.25) is 10.0 Å². The number of carbonyl (C=O) groups is 2. The lowest BCUT2D eigenvalue weighted by molar-refractivity contribution is -0.115. The van der Waals surface area contributed by atoms with Crippen LogP contribution in [-0.4, -0.2) is 22.1 Å². The summed E-state index contributed by atoms with van der Waals surface area (Å²) in [5, 5.41) is 15.2. The Morgan fingerprint density at radius 1 is 1.00 bits per heavy atom. The van der Waals surface area contributed by atoms with E-state index in [2.05, 4.69) is 10.6 Å². The molecule has 1 aromatic heterocycles. The lowest BCUT2D eigenvalue weighted by atomic mass is 10.2. The molecular weight excluding hydrogens is 447 g/mol. The van der Waals surface area contributed by atoms with Gasteiger partial charge in [0.15, 0.2) is 5.11 Å². The normalized spacial score (nSPS) is 10.7. The van der Waals surface area contributed by atoms with E-state index in [1.165, 1.54) is 24.3 Å². The minimum atomic E-state index is -1.03. The quantitative estimate of drug-likeness (QED) is 0.345. The molecule has 3 aromatic rings. The highest BCUT2D eigenvalue weighted by Crippen LogP contribution is 2.28. The predicted octanol–water partition coefficient (Wildman–Crippen LogP) is 5.48. The molecule has 1 amide bonds. The second kappa shape index (κ2) is 9.58. The van der Waals surface area contributed by atoms with Crippen LogP contribution in [0.25, 0.3) is 17.4 Å². The molecule has 0 aliphatic heterocycles. The molecule has 1 heterocycles. The number of hydrogen-bond acceptors (Lipinski definition) is 4. The number of carboxylic acid groups (broad SMARTS) is 1. The number of carbonyl (C=O) groups excluding carboxylic acids is 1. The number of aromatic carboxylic acids is 1. The molecule has 0 fully saturated rings. The Balaban J connectivity index is 1.57. The Morgan fingerprint density at radius 2 is 1.67 bits per heavy atom. The smallest absolute Gasteiger partial charge is 0.335 e. The van der Waals surface area contributed by atoms with Gasteiger partial charge in [-0.15, -0.1) is 0 Å². The summed E-state index contributed by atoms with van der Waals surface area (Å²) < 4.78 is 5.68. The van der Waals surface area contributed by atoms with E-state index in [0.717, 1.165) is 5.56 Å². The lowest BCUT2D eigenvalue weighted by Crippen LogP contribution is -2.32. The molecule has 152 valence electrons. The molecule has 0 saturated heterocycles. The molecule has 0 saturated carbocycles. The summed E-state index contributed by atoms with van der Waals surface area (Å²) in [4.78, 5) is 22.9. The standard InChI is InChI=1S/C21H14Cl2N2O4S/c22-14-9-13(10-15(23)11-14)18-7-5-17(29-18)6-8-19(26)25-21(30)24-16-3-1-12(2-4-16)20(27)28/h1-11H,(H,27,28)(H2,24,25,26,30)/b8-6+. The maximum Gasteiger partial charge on any atom is 0.335 e. The van der Waals surface area contributed by atoms with Crippen LogP contribution >= 0.6 is 35.4 Å². The summed E-state index contributed by atoms with van der Waals surface area (Å²) in [6.07, 6.45) is 2.77. The van der Waals surface area contributed by atoms with E-state index in [4.69, 9.17) is 44.9 Å². The summed E-state index contributed by atoms with van der Waals surface area (Å²) in [6.45, 7) is 0. The minimum Gasteiger partial charge on any atom is -0.478 e. The fourth-order valence-electron chi connectivity index (χ4n) is 2.46. The van der Waals surface area contributed by atoms with Crippen LogP contribution in [-0.2, 0) is 4.79 Å². The van der Waals surface area contributed by atoms with Crippen molar-refractivity contribution >= 4 is 64.2 Å². The zero-order valence-corrected chi connectivity index (χ0v) is 17.5. The number of thiocarbonyl (C=S) groups is 1. The largest absolute Gasteiger partial charge is 0.478 e. The van der Waals surface area contributed by atoms with Crippen LogP contribution in [0, 0.1) is 0 Å². The molecule has 0 radical (unpaired) electrons. The van der Waals surface area contributed by atoms with Crippen LogP contribution in [0.15, 0.2) is 65.1 Å². The van der Waals surface area contributed by atoms with Crippen molar-refractivity contribution in [3.8, 4) is 11.3 Å². The van der Waals surface area contributed by atoms with Gasteiger partial charge >= 0.3 is 5.97 Å². The van der Waals surface area contributed by atoms with Crippen LogP contribution < -0.4 is 10.6 Å². The first-order valence-electron chi connectivity index (χ1n) is 8.50. The Hall–Kier alpha value is -3.13. The molecule has 2 aromatic carbocycles. The van der Waals surface area contributed by atoms with E-state index in [0.29, 0.717) is 27.3 Å². The van der Waals surface area contributed by atoms with Gasteiger partial charge in [0.25, 0.3) is 0 Å². The highest BCUT2D eigenvalue weighted by Gasteiger charge is 2.07. The third kappa shape index (κ3) is 5.93. The molecule has 6 nitrogen and oxygen atoms in total. The second-order valence-electron chi connectivity index (χ2n) is 6.02. The fourth-order valence-corrected chi connectivity index (χ4v) is 3.21. The zero-order valence-electron chi connectivity index (χ0n) is 15.2.